The van der Waals surface area contributed by atoms with E-state index in [0.717, 1.165) is 0 Å². The Balaban J connectivity index is 1.63. The fourth-order valence-electron chi connectivity index (χ4n) is 3.41. The molecule has 0 aliphatic carbocycles. The van der Waals surface area contributed by atoms with E-state index in [1.54, 1.807) is 12.1 Å². The van der Waals surface area contributed by atoms with Crippen LogP contribution < -0.4 is 10.6 Å². The van der Waals surface area contributed by atoms with Gasteiger partial charge in [0.2, 0.25) is 5.28 Å². The molecule has 0 unspecified atom stereocenters. The van der Waals surface area contributed by atoms with Gasteiger partial charge in [0.25, 0.3) is 11.6 Å². The second kappa shape index (κ2) is 8.63. The zero-order chi connectivity index (χ0) is 23.0. The Bertz CT molecular complexity index is 1190. The van der Waals surface area contributed by atoms with Crippen molar-refractivity contribution in [2.45, 2.75) is 31.1 Å². The highest BCUT2D eigenvalue weighted by atomic mass is 35.5. The zero-order valence-corrected chi connectivity index (χ0v) is 17.3. The number of imidazole rings is 1. The number of nitro groups is 1. The maximum absolute atomic E-state index is 11.9. The molecule has 2 aromatic heterocycles. The number of nitrogens with one attached hydrogen (secondary N) is 2. The molecule has 1 aliphatic heterocycles. The molecular weight excluding hydrogens is 446 g/mol. The number of nitrogens with zero attached hydrogens (tertiary/aromatic N) is 5. The summed E-state index contributed by atoms with van der Waals surface area (Å²) in [6.07, 6.45) is -3.99. The van der Waals surface area contributed by atoms with Gasteiger partial charge in [0.05, 0.1) is 11.3 Å². The van der Waals surface area contributed by atoms with Crippen LogP contribution >= 0.6 is 11.6 Å². The number of hydrogen-bond donors (Lipinski definition) is 4. The SMILES string of the molecule is CNC(=O)[C@H]1O[C@@H](n2cnc3c(NCc4cccc([N+](=O)[O-])c4)nc(Cl)nc32)[C@H](O)[C@@H]1O. The molecule has 3 aromatic rings. The number of hydrogen-bond acceptors (Lipinski definition) is 10. The fourth-order valence-corrected chi connectivity index (χ4v) is 3.58. The second-order valence-corrected chi connectivity index (χ2v) is 7.33. The Morgan fingerprint density at radius 2 is 2.12 bits per heavy atom. The van der Waals surface area contributed by atoms with E-state index in [9.17, 15) is 25.1 Å². The van der Waals surface area contributed by atoms with Gasteiger partial charge in [0.15, 0.2) is 29.3 Å². The number of likely N-dealkylation sites (N-methyl/N-ethyl adjacent to an activating group) is 1. The summed E-state index contributed by atoms with van der Waals surface area (Å²) in [5, 5.41) is 36.8. The number of ether oxygens (including phenoxy) is 1. The van der Waals surface area contributed by atoms with Crippen molar-refractivity contribution in [3.8, 4) is 0 Å². The van der Waals surface area contributed by atoms with E-state index >= 15 is 0 Å². The average molecular weight is 464 g/mol. The molecule has 14 heteroatoms. The van der Waals surface area contributed by atoms with E-state index in [1.165, 1.54) is 30.1 Å². The molecule has 1 aromatic carbocycles. The summed E-state index contributed by atoms with van der Waals surface area (Å²) < 4.78 is 6.90. The molecule has 4 atom stereocenters. The van der Waals surface area contributed by atoms with Gasteiger partial charge in [-0.3, -0.25) is 19.5 Å². The van der Waals surface area contributed by atoms with Crippen LogP contribution in [-0.2, 0) is 16.1 Å². The second-order valence-electron chi connectivity index (χ2n) is 6.99. The van der Waals surface area contributed by atoms with Crippen LogP contribution in [0.5, 0.6) is 0 Å². The van der Waals surface area contributed by atoms with Gasteiger partial charge in [-0.1, -0.05) is 12.1 Å². The number of carbonyl (C=O) groups is 1. The number of carbonyl (C=O) groups excluding carboxylic acids is 1. The first-order chi connectivity index (χ1) is 15.3. The lowest BCUT2D eigenvalue weighted by atomic mass is 10.1. The number of amides is 1. The first-order valence-electron chi connectivity index (χ1n) is 9.40. The largest absolute Gasteiger partial charge is 0.387 e. The van der Waals surface area contributed by atoms with Crippen LogP contribution in [0.15, 0.2) is 30.6 Å². The quantitative estimate of drug-likeness (QED) is 0.226. The fraction of sp³-hybridized carbons (Fsp3) is 0.333. The van der Waals surface area contributed by atoms with Crippen molar-refractivity contribution in [2.75, 3.05) is 12.4 Å². The monoisotopic (exact) mass is 463 g/mol. The van der Waals surface area contributed by atoms with Crippen molar-refractivity contribution in [2.24, 2.45) is 0 Å². The molecule has 0 spiro atoms. The Kier molecular flexibility index (Phi) is 5.88. The number of aromatic nitrogens is 4. The summed E-state index contributed by atoms with van der Waals surface area (Å²) in [5.41, 5.74) is 1.07. The maximum atomic E-state index is 11.9. The number of anilines is 1. The predicted molar refractivity (Wildman–Crippen MR) is 111 cm³/mol. The summed E-state index contributed by atoms with van der Waals surface area (Å²) in [6, 6.07) is 6.09. The van der Waals surface area contributed by atoms with Gasteiger partial charge in [-0.25, -0.2) is 4.98 Å². The van der Waals surface area contributed by atoms with Crippen molar-refractivity contribution in [3.63, 3.8) is 0 Å². The van der Waals surface area contributed by atoms with Crippen molar-refractivity contribution >= 4 is 40.2 Å². The number of non-ortho nitro benzene ring substituents is 1. The molecule has 1 saturated heterocycles. The Morgan fingerprint density at radius 1 is 1.34 bits per heavy atom. The Labute approximate surface area is 185 Å². The first kappa shape index (κ1) is 21.8. The molecular formula is C18H18ClN7O6. The number of aliphatic hydroxyl groups excluding tert-OH is 2. The lowest BCUT2D eigenvalue weighted by Gasteiger charge is -2.16. The number of rotatable bonds is 6. The van der Waals surface area contributed by atoms with Gasteiger partial charge in [0.1, 0.15) is 12.2 Å². The summed E-state index contributed by atoms with van der Waals surface area (Å²) >= 11 is 6.07. The van der Waals surface area contributed by atoms with Crippen molar-refractivity contribution in [1.82, 2.24) is 24.8 Å². The van der Waals surface area contributed by atoms with E-state index in [1.807, 2.05) is 0 Å². The minimum Gasteiger partial charge on any atom is -0.387 e. The van der Waals surface area contributed by atoms with Crippen LogP contribution in [0, 0.1) is 10.1 Å². The first-order valence-corrected chi connectivity index (χ1v) is 9.78. The van der Waals surface area contributed by atoms with Gasteiger partial charge < -0.3 is 25.6 Å². The number of fused-ring (bicyclic) bond motifs is 1. The topological polar surface area (TPSA) is 178 Å². The summed E-state index contributed by atoms with van der Waals surface area (Å²) in [7, 11) is 1.39. The molecule has 13 nitrogen and oxygen atoms in total. The standard InChI is InChI=1S/C18H18ClN7O6/c1-20-16(29)13-11(27)12(28)17(32-13)25-7-22-10-14(23-18(19)24-15(10)25)21-6-8-3-2-4-9(5-8)26(30)31/h2-5,7,11-13,17,27-28H,6H2,1H3,(H,20,29)(H,21,23,24)/t11-,12+,13-,17+/m0/s1. The third-order valence-corrected chi connectivity index (χ3v) is 5.16. The minimum absolute atomic E-state index is 0.0453. The number of nitro benzene ring substituents is 1. The molecule has 1 aliphatic rings. The summed E-state index contributed by atoms with van der Waals surface area (Å²) in [4.78, 5) is 34.9. The van der Waals surface area contributed by atoms with Gasteiger partial charge in [-0.15, -0.1) is 0 Å². The van der Waals surface area contributed by atoms with Gasteiger partial charge in [-0.2, -0.15) is 9.97 Å². The van der Waals surface area contributed by atoms with Gasteiger partial charge >= 0.3 is 0 Å². The average Bonchev–Trinajstić information content (AvgIpc) is 3.32. The van der Waals surface area contributed by atoms with Crippen molar-refractivity contribution in [1.29, 1.82) is 0 Å². The van der Waals surface area contributed by atoms with Crippen molar-refractivity contribution in [3.05, 3.63) is 51.6 Å². The molecule has 4 N–H and O–H groups in total. The third-order valence-electron chi connectivity index (χ3n) is 4.99. The molecule has 0 saturated carbocycles. The van der Waals surface area contributed by atoms with E-state index < -0.39 is 35.4 Å². The molecule has 168 valence electrons. The number of benzene rings is 1. The Morgan fingerprint density at radius 3 is 2.84 bits per heavy atom. The Hall–Kier alpha value is -3.39. The van der Waals surface area contributed by atoms with Crippen LogP contribution in [0.1, 0.15) is 11.8 Å². The van der Waals surface area contributed by atoms with Gasteiger partial charge in [0, 0.05) is 25.7 Å². The smallest absolute Gasteiger partial charge is 0.269 e. The van der Waals surface area contributed by atoms with Crippen LogP contribution in [0.4, 0.5) is 11.5 Å². The maximum Gasteiger partial charge on any atom is 0.269 e. The molecule has 4 rings (SSSR count). The number of halogens is 1. The highest BCUT2D eigenvalue weighted by molar-refractivity contribution is 6.28. The normalized spacial score (nSPS) is 22.8. The third kappa shape index (κ3) is 3.93. The van der Waals surface area contributed by atoms with Gasteiger partial charge in [-0.05, 0) is 17.2 Å². The van der Waals surface area contributed by atoms with Crippen molar-refractivity contribution < 1.29 is 24.7 Å². The number of aliphatic hydroxyl groups is 2. The summed E-state index contributed by atoms with van der Waals surface area (Å²) in [6.45, 7) is 0.191. The van der Waals surface area contributed by atoms with Crippen LogP contribution in [0.25, 0.3) is 11.2 Å². The highest BCUT2D eigenvalue weighted by Crippen LogP contribution is 2.33. The van der Waals surface area contributed by atoms with E-state index in [4.69, 9.17) is 16.3 Å². The van der Waals surface area contributed by atoms with Crippen LogP contribution in [0.3, 0.4) is 0 Å². The summed E-state index contributed by atoms with van der Waals surface area (Å²) in [5.74, 6) is -0.336. The molecule has 3 heterocycles. The van der Waals surface area contributed by atoms with E-state index in [2.05, 4.69) is 25.6 Å². The van der Waals surface area contributed by atoms with E-state index in [-0.39, 0.29) is 34.5 Å². The zero-order valence-electron chi connectivity index (χ0n) is 16.5. The lowest BCUT2D eigenvalue weighted by molar-refractivity contribution is -0.384. The van der Waals surface area contributed by atoms with Crippen LogP contribution in [-0.4, -0.2) is 65.9 Å². The van der Waals surface area contributed by atoms with Crippen LogP contribution in [0.2, 0.25) is 5.28 Å². The van der Waals surface area contributed by atoms with E-state index in [0.29, 0.717) is 5.56 Å². The molecule has 32 heavy (non-hydrogen) atoms. The highest BCUT2D eigenvalue weighted by Gasteiger charge is 2.47. The lowest BCUT2D eigenvalue weighted by Crippen LogP contribution is -2.41. The molecule has 0 radical (unpaired) electrons. The minimum atomic E-state index is -1.46. The predicted octanol–water partition coefficient (Wildman–Crippen LogP) is 0.365. The molecule has 1 fully saturated rings. The molecule has 1 amide bonds. The molecule has 0 bridgehead atoms.